The molecule has 3 nitrogen and oxygen atoms in total. The number of carbonyl (C=O) groups is 2. The lowest BCUT2D eigenvalue weighted by molar-refractivity contribution is -0.141. The lowest BCUT2D eigenvalue weighted by Gasteiger charge is -2.35. The number of hydrogen-bond donors (Lipinski definition) is 1. The third-order valence-corrected chi connectivity index (χ3v) is 6.62. The molecular formula is C26H22BrFO3. The number of rotatable bonds is 6. The van der Waals surface area contributed by atoms with Crippen molar-refractivity contribution in [3.05, 3.63) is 106 Å². The van der Waals surface area contributed by atoms with Gasteiger partial charge in [-0.1, -0.05) is 70.5 Å². The summed E-state index contributed by atoms with van der Waals surface area (Å²) in [6.45, 7) is 0. The Bertz CT molecular complexity index is 1110. The van der Waals surface area contributed by atoms with Crippen molar-refractivity contribution in [1.82, 2.24) is 0 Å². The van der Waals surface area contributed by atoms with E-state index in [0.29, 0.717) is 22.3 Å². The molecule has 0 bridgehead atoms. The van der Waals surface area contributed by atoms with Crippen LogP contribution in [0.3, 0.4) is 0 Å². The Morgan fingerprint density at radius 3 is 2.29 bits per heavy atom. The summed E-state index contributed by atoms with van der Waals surface area (Å²) in [5, 5.41) is 11.4. The van der Waals surface area contributed by atoms with Crippen molar-refractivity contribution in [2.75, 3.05) is 0 Å². The second-order valence-electron chi connectivity index (χ2n) is 8.09. The molecule has 1 aliphatic rings. The third-order valence-electron chi connectivity index (χ3n) is 6.09. The fourth-order valence-corrected chi connectivity index (χ4v) is 4.58. The quantitative estimate of drug-likeness (QED) is 0.489. The van der Waals surface area contributed by atoms with E-state index in [0.717, 1.165) is 4.47 Å². The minimum Gasteiger partial charge on any atom is -0.386 e. The monoisotopic (exact) mass is 480 g/mol. The Labute approximate surface area is 189 Å². The van der Waals surface area contributed by atoms with Gasteiger partial charge in [0.25, 0.3) is 0 Å². The number of aliphatic hydroxyl groups is 1. The van der Waals surface area contributed by atoms with Gasteiger partial charge in [-0.05, 0) is 41.8 Å². The number of carbonyl (C=O) groups excluding carboxylic acids is 2. The molecule has 1 saturated carbocycles. The molecule has 0 aliphatic heterocycles. The zero-order chi connectivity index (χ0) is 22.1. The number of alkyl halides is 1. The van der Waals surface area contributed by atoms with Crippen molar-refractivity contribution < 1.29 is 19.1 Å². The summed E-state index contributed by atoms with van der Waals surface area (Å²) in [5.41, 5.74) is -2.20. The van der Waals surface area contributed by atoms with Crippen LogP contribution in [0.1, 0.15) is 39.9 Å². The number of halogens is 2. The van der Waals surface area contributed by atoms with Crippen LogP contribution in [0.4, 0.5) is 4.39 Å². The Balaban J connectivity index is 1.67. The summed E-state index contributed by atoms with van der Waals surface area (Å²) >= 11 is 3.36. The molecule has 2 atom stereocenters. The summed E-state index contributed by atoms with van der Waals surface area (Å²) in [5.74, 6) is -0.792. The minimum absolute atomic E-state index is 0.0238. The van der Waals surface area contributed by atoms with Gasteiger partial charge in [0.1, 0.15) is 5.60 Å². The van der Waals surface area contributed by atoms with Crippen LogP contribution in [0.25, 0.3) is 0 Å². The molecule has 4 rings (SSSR count). The summed E-state index contributed by atoms with van der Waals surface area (Å²) in [6, 6.07) is 22.8. The maximum Gasteiger partial charge on any atom is 0.201 e. The number of hydrogen-bond acceptors (Lipinski definition) is 3. The van der Waals surface area contributed by atoms with Crippen LogP contribution in [0, 0.1) is 0 Å². The van der Waals surface area contributed by atoms with Crippen molar-refractivity contribution in [2.24, 2.45) is 0 Å². The zero-order valence-corrected chi connectivity index (χ0v) is 18.4. The van der Waals surface area contributed by atoms with E-state index in [9.17, 15) is 14.7 Å². The molecule has 0 amide bonds. The first-order valence-corrected chi connectivity index (χ1v) is 11.0. The second-order valence-corrected chi connectivity index (χ2v) is 9.00. The van der Waals surface area contributed by atoms with Crippen molar-refractivity contribution in [3.63, 3.8) is 0 Å². The standard InChI is InChI=1S/C26H22BrFO3/c27-21-12-10-19(11-13-21)24(30)22-9-5-4-8-20(22)17-25(31)15-14-23(29)26(25,28)16-18-6-2-1-3-7-18/h1-13,31H,14-17H2/t25-,26+/m1/s1. The molecule has 3 aromatic rings. The first kappa shape index (κ1) is 21.6. The van der Waals surface area contributed by atoms with E-state index >= 15 is 4.39 Å². The van der Waals surface area contributed by atoms with Crippen LogP contribution < -0.4 is 0 Å². The minimum atomic E-state index is -2.40. The van der Waals surface area contributed by atoms with E-state index in [-0.39, 0.29) is 31.5 Å². The third kappa shape index (κ3) is 4.12. The number of Topliss-reactive ketones (excluding diaryl/α,β-unsaturated/α-hetero) is 1. The van der Waals surface area contributed by atoms with Gasteiger partial charge in [-0.25, -0.2) is 4.39 Å². The normalized spacial score (nSPS) is 23.1. The largest absolute Gasteiger partial charge is 0.386 e. The van der Waals surface area contributed by atoms with Crippen LogP contribution in [0.5, 0.6) is 0 Å². The van der Waals surface area contributed by atoms with Gasteiger partial charge in [0, 0.05) is 34.9 Å². The van der Waals surface area contributed by atoms with Gasteiger partial charge >= 0.3 is 0 Å². The van der Waals surface area contributed by atoms with Crippen molar-refractivity contribution >= 4 is 27.5 Å². The van der Waals surface area contributed by atoms with E-state index < -0.39 is 17.1 Å². The van der Waals surface area contributed by atoms with Gasteiger partial charge in [0.2, 0.25) is 5.67 Å². The Morgan fingerprint density at radius 2 is 1.58 bits per heavy atom. The highest BCUT2D eigenvalue weighted by Crippen LogP contribution is 2.44. The molecule has 5 heteroatoms. The van der Waals surface area contributed by atoms with Crippen LogP contribution >= 0.6 is 15.9 Å². The lowest BCUT2D eigenvalue weighted by atomic mass is 9.77. The first-order chi connectivity index (χ1) is 14.8. The molecule has 0 spiro atoms. The van der Waals surface area contributed by atoms with E-state index in [2.05, 4.69) is 15.9 Å². The predicted molar refractivity (Wildman–Crippen MR) is 121 cm³/mol. The molecule has 0 saturated heterocycles. The molecule has 3 aromatic carbocycles. The summed E-state index contributed by atoms with van der Waals surface area (Å²) < 4.78 is 17.0. The highest BCUT2D eigenvalue weighted by Gasteiger charge is 2.60. The Kier molecular flexibility index (Phi) is 5.91. The smallest absolute Gasteiger partial charge is 0.201 e. The molecule has 0 aromatic heterocycles. The van der Waals surface area contributed by atoms with E-state index in [1.165, 1.54) is 0 Å². The topological polar surface area (TPSA) is 54.4 Å². The highest BCUT2D eigenvalue weighted by molar-refractivity contribution is 9.10. The zero-order valence-electron chi connectivity index (χ0n) is 16.9. The van der Waals surface area contributed by atoms with Gasteiger partial charge < -0.3 is 5.11 Å². The van der Waals surface area contributed by atoms with Crippen molar-refractivity contribution in [3.8, 4) is 0 Å². The molecule has 0 heterocycles. The maximum absolute atomic E-state index is 16.1. The lowest BCUT2D eigenvalue weighted by Crippen LogP contribution is -2.53. The fourth-order valence-electron chi connectivity index (χ4n) is 4.31. The molecule has 1 aliphatic carbocycles. The Morgan fingerprint density at radius 1 is 0.935 bits per heavy atom. The van der Waals surface area contributed by atoms with Gasteiger partial charge in [-0.3, -0.25) is 9.59 Å². The van der Waals surface area contributed by atoms with Gasteiger partial charge in [0.15, 0.2) is 11.6 Å². The maximum atomic E-state index is 16.1. The highest BCUT2D eigenvalue weighted by atomic mass is 79.9. The molecule has 31 heavy (non-hydrogen) atoms. The molecule has 0 unspecified atom stereocenters. The predicted octanol–water partition coefficient (Wildman–Crippen LogP) is 5.27. The summed E-state index contributed by atoms with van der Waals surface area (Å²) in [6.07, 6.45) is -0.300. The first-order valence-electron chi connectivity index (χ1n) is 10.2. The van der Waals surface area contributed by atoms with E-state index in [1.807, 2.05) is 6.07 Å². The molecular weight excluding hydrogens is 459 g/mol. The molecule has 158 valence electrons. The molecule has 0 radical (unpaired) electrons. The van der Waals surface area contributed by atoms with Crippen LogP contribution in [-0.2, 0) is 17.6 Å². The van der Waals surface area contributed by atoms with Gasteiger partial charge in [0.05, 0.1) is 0 Å². The van der Waals surface area contributed by atoms with Gasteiger partial charge in [-0.2, -0.15) is 0 Å². The van der Waals surface area contributed by atoms with Crippen molar-refractivity contribution in [1.29, 1.82) is 0 Å². The fraction of sp³-hybridized carbons (Fsp3) is 0.231. The SMILES string of the molecule is O=C(c1ccc(Br)cc1)c1ccccc1C[C@]1(O)CCC(=O)[C@@]1(F)Cc1ccccc1. The second kappa shape index (κ2) is 8.48. The van der Waals surface area contributed by atoms with Crippen molar-refractivity contribution in [2.45, 2.75) is 37.0 Å². The molecule has 1 fully saturated rings. The van der Waals surface area contributed by atoms with Crippen LogP contribution in [-0.4, -0.2) is 27.9 Å². The average Bonchev–Trinajstić information content (AvgIpc) is 2.99. The van der Waals surface area contributed by atoms with Crippen LogP contribution in [0.15, 0.2) is 83.3 Å². The summed E-state index contributed by atoms with van der Waals surface area (Å²) in [4.78, 5) is 25.7. The van der Waals surface area contributed by atoms with E-state index in [1.54, 1.807) is 72.8 Å². The summed E-state index contributed by atoms with van der Waals surface area (Å²) in [7, 11) is 0. The van der Waals surface area contributed by atoms with E-state index in [4.69, 9.17) is 0 Å². The van der Waals surface area contributed by atoms with Gasteiger partial charge in [-0.15, -0.1) is 0 Å². The average molecular weight is 481 g/mol. The Hall–Kier alpha value is -2.63. The number of ketones is 2. The number of benzene rings is 3. The van der Waals surface area contributed by atoms with Crippen LogP contribution in [0.2, 0.25) is 0 Å². The molecule has 1 N–H and O–H groups in total.